The van der Waals surface area contributed by atoms with E-state index in [1.807, 2.05) is 0 Å². The lowest BCUT2D eigenvalue weighted by Crippen LogP contribution is -2.26. The van der Waals surface area contributed by atoms with Gasteiger partial charge in [-0.05, 0) is 26.0 Å². The maximum Gasteiger partial charge on any atom is 0.342 e. The smallest absolute Gasteiger partial charge is 0.342 e. The molecule has 2 nitrogen and oxygen atoms in total. The minimum Gasteiger partial charge on any atom is -0.443 e. The topological polar surface area (TPSA) is 26.3 Å². The third-order valence-corrected chi connectivity index (χ3v) is 1.79. The Balaban J connectivity index is 2.89. The van der Waals surface area contributed by atoms with E-state index in [1.165, 1.54) is 18.2 Å². The van der Waals surface area contributed by atoms with Crippen molar-refractivity contribution in [3.8, 4) is 12.3 Å². The van der Waals surface area contributed by atoms with Gasteiger partial charge >= 0.3 is 5.97 Å². The molecule has 0 fully saturated rings. The molecule has 0 radical (unpaired) electrons. The maximum atomic E-state index is 13.2. The van der Waals surface area contributed by atoms with Gasteiger partial charge in [0.05, 0.1) is 5.56 Å². The van der Waals surface area contributed by atoms with E-state index in [-0.39, 0.29) is 5.56 Å². The Morgan fingerprint density at radius 3 is 2.60 bits per heavy atom. The third-order valence-electron chi connectivity index (χ3n) is 1.79. The highest BCUT2D eigenvalue weighted by Gasteiger charge is 2.22. The summed E-state index contributed by atoms with van der Waals surface area (Å²) in [7, 11) is 0. The first-order valence-electron chi connectivity index (χ1n) is 4.42. The van der Waals surface area contributed by atoms with Gasteiger partial charge in [-0.15, -0.1) is 6.42 Å². The molecule has 0 amide bonds. The van der Waals surface area contributed by atoms with Gasteiger partial charge in [-0.1, -0.05) is 18.1 Å². The molecule has 3 heteroatoms. The Labute approximate surface area is 88.1 Å². The molecular weight excluding hydrogens is 195 g/mol. The van der Waals surface area contributed by atoms with Gasteiger partial charge in [0.1, 0.15) is 5.82 Å². The van der Waals surface area contributed by atoms with Gasteiger partial charge in [0.15, 0.2) is 5.60 Å². The summed E-state index contributed by atoms with van der Waals surface area (Å²) >= 11 is 0. The second-order valence-electron chi connectivity index (χ2n) is 3.52. The molecule has 0 aliphatic rings. The number of halogens is 1. The molecule has 0 unspecified atom stereocenters. The summed E-state index contributed by atoms with van der Waals surface area (Å²) in [5, 5.41) is 0. The van der Waals surface area contributed by atoms with E-state index in [9.17, 15) is 9.18 Å². The van der Waals surface area contributed by atoms with Gasteiger partial charge in [-0.2, -0.15) is 0 Å². The van der Waals surface area contributed by atoms with Crippen LogP contribution in [-0.2, 0) is 4.74 Å². The first-order chi connectivity index (χ1) is 6.96. The summed E-state index contributed by atoms with van der Waals surface area (Å²) in [6.07, 6.45) is 5.15. The van der Waals surface area contributed by atoms with Crippen molar-refractivity contribution in [3.05, 3.63) is 35.6 Å². The van der Waals surface area contributed by atoms with Crippen molar-refractivity contribution in [1.82, 2.24) is 0 Å². The van der Waals surface area contributed by atoms with Crippen LogP contribution in [0.5, 0.6) is 0 Å². The molecule has 0 saturated carbocycles. The average molecular weight is 206 g/mol. The fourth-order valence-corrected chi connectivity index (χ4v) is 0.943. The van der Waals surface area contributed by atoms with Gasteiger partial charge in [-0.25, -0.2) is 9.18 Å². The van der Waals surface area contributed by atoms with E-state index in [2.05, 4.69) is 5.92 Å². The lowest BCUT2D eigenvalue weighted by atomic mass is 10.1. The summed E-state index contributed by atoms with van der Waals surface area (Å²) < 4.78 is 18.1. The van der Waals surface area contributed by atoms with Gasteiger partial charge < -0.3 is 4.74 Å². The van der Waals surface area contributed by atoms with E-state index >= 15 is 0 Å². The van der Waals surface area contributed by atoms with Crippen molar-refractivity contribution in [3.63, 3.8) is 0 Å². The Kier molecular flexibility index (Phi) is 3.11. The molecule has 78 valence electrons. The SMILES string of the molecule is C#CC(C)(C)OC(=O)c1ccccc1F. The summed E-state index contributed by atoms with van der Waals surface area (Å²) in [6.45, 7) is 3.12. The lowest BCUT2D eigenvalue weighted by molar-refractivity contribution is 0.0199. The van der Waals surface area contributed by atoms with Gasteiger partial charge in [-0.3, -0.25) is 0 Å². The molecule has 15 heavy (non-hydrogen) atoms. The van der Waals surface area contributed by atoms with Crippen LogP contribution in [0.1, 0.15) is 24.2 Å². The van der Waals surface area contributed by atoms with Crippen molar-refractivity contribution in [2.24, 2.45) is 0 Å². The molecule has 1 rings (SSSR count). The van der Waals surface area contributed by atoms with Crippen LogP contribution < -0.4 is 0 Å². The number of hydrogen-bond donors (Lipinski definition) is 0. The van der Waals surface area contributed by atoms with E-state index < -0.39 is 17.4 Å². The second-order valence-corrected chi connectivity index (χ2v) is 3.52. The Bertz CT molecular complexity index is 416. The fourth-order valence-electron chi connectivity index (χ4n) is 0.943. The molecule has 0 aliphatic heterocycles. The van der Waals surface area contributed by atoms with Crippen molar-refractivity contribution in [1.29, 1.82) is 0 Å². The number of benzene rings is 1. The fraction of sp³-hybridized carbons (Fsp3) is 0.250. The van der Waals surface area contributed by atoms with E-state index in [1.54, 1.807) is 19.9 Å². The molecular formula is C12H11FO2. The van der Waals surface area contributed by atoms with Gasteiger partial charge in [0.25, 0.3) is 0 Å². The zero-order valence-electron chi connectivity index (χ0n) is 8.58. The Morgan fingerprint density at radius 1 is 1.47 bits per heavy atom. The normalized spacial score (nSPS) is 10.5. The molecule has 1 aromatic rings. The molecule has 0 saturated heterocycles. The minimum atomic E-state index is -1.03. The highest BCUT2D eigenvalue weighted by Crippen LogP contribution is 2.14. The zero-order chi connectivity index (χ0) is 11.5. The number of carbonyl (C=O) groups is 1. The summed E-state index contributed by atoms with van der Waals surface area (Å²) in [5.41, 5.74) is -1.14. The molecule has 0 aliphatic carbocycles. The predicted octanol–water partition coefficient (Wildman–Crippen LogP) is 2.39. The lowest BCUT2D eigenvalue weighted by Gasteiger charge is -2.18. The van der Waals surface area contributed by atoms with Gasteiger partial charge in [0.2, 0.25) is 0 Å². The second kappa shape index (κ2) is 4.14. The number of ether oxygens (including phenoxy) is 1. The molecule has 0 spiro atoms. The van der Waals surface area contributed by atoms with E-state index in [0.29, 0.717) is 0 Å². The number of esters is 1. The van der Waals surface area contributed by atoms with E-state index in [0.717, 1.165) is 0 Å². The zero-order valence-corrected chi connectivity index (χ0v) is 8.58. The molecule has 0 bridgehead atoms. The van der Waals surface area contributed by atoms with Crippen molar-refractivity contribution in [2.45, 2.75) is 19.4 Å². The van der Waals surface area contributed by atoms with Crippen LogP contribution in [0.25, 0.3) is 0 Å². The Morgan fingerprint density at radius 2 is 2.07 bits per heavy atom. The third kappa shape index (κ3) is 2.81. The van der Waals surface area contributed by atoms with Crippen molar-refractivity contribution >= 4 is 5.97 Å². The molecule has 0 N–H and O–H groups in total. The minimum absolute atomic E-state index is 0.110. The van der Waals surface area contributed by atoms with Crippen LogP contribution >= 0.6 is 0 Å². The highest BCUT2D eigenvalue weighted by molar-refractivity contribution is 5.90. The molecule has 0 atom stereocenters. The van der Waals surface area contributed by atoms with Crippen LogP contribution in [0.3, 0.4) is 0 Å². The number of carbonyl (C=O) groups excluding carboxylic acids is 1. The molecule has 0 aromatic heterocycles. The van der Waals surface area contributed by atoms with Crippen LogP contribution in [0, 0.1) is 18.2 Å². The monoisotopic (exact) mass is 206 g/mol. The first-order valence-corrected chi connectivity index (χ1v) is 4.42. The van der Waals surface area contributed by atoms with Crippen LogP contribution in [0.15, 0.2) is 24.3 Å². The average Bonchev–Trinajstić information content (AvgIpc) is 2.17. The molecule has 0 heterocycles. The van der Waals surface area contributed by atoms with Crippen molar-refractivity contribution < 1.29 is 13.9 Å². The molecule has 1 aromatic carbocycles. The number of terminal acetylenes is 1. The first kappa shape index (κ1) is 11.3. The van der Waals surface area contributed by atoms with E-state index in [4.69, 9.17) is 11.2 Å². The number of hydrogen-bond acceptors (Lipinski definition) is 2. The largest absolute Gasteiger partial charge is 0.443 e. The number of rotatable bonds is 2. The van der Waals surface area contributed by atoms with Crippen molar-refractivity contribution in [2.75, 3.05) is 0 Å². The summed E-state index contributed by atoms with van der Waals surface area (Å²) in [4.78, 5) is 11.5. The highest BCUT2D eigenvalue weighted by atomic mass is 19.1. The van der Waals surface area contributed by atoms with Crippen LogP contribution in [0.4, 0.5) is 4.39 Å². The maximum absolute atomic E-state index is 13.2. The predicted molar refractivity (Wildman–Crippen MR) is 54.7 cm³/mol. The van der Waals surface area contributed by atoms with Gasteiger partial charge in [0, 0.05) is 0 Å². The summed E-state index contributed by atoms with van der Waals surface area (Å²) in [5.74, 6) is 0.927. The van der Waals surface area contributed by atoms with Crippen LogP contribution in [0.2, 0.25) is 0 Å². The quantitative estimate of drug-likeness (QED) is 0.548. The standard InChI is InChI=1S/C12H11FO2/c1-4-12(2,3)15-11(14)9-7-5-6-8-10(9)13/h1,5-8H,2-3H3. The van der Waals surface area contributed by atoms with Crippen LogP contribution in [-0.4, -0.2) is 11.6 Å². The summed E-state index contributed by atoms with van der Waals surface area (Å²) in [6, 6.07) is 5.60. The Hall–Kier alpha value is -1.82.